The Morgan fingerprint density at radius 1 is 1.19 bits per heavy atom. The van der Waals surface area contributed by atoms with E-state index < -0.39 is 0 Å². The van der Waals surface area contributed by atoms with E-state index in [-0.39, 0.29) is 5.78 Å². The summed E-state index contributed by atoms with van der Waals surface area (Å²) in [5, 5.41) is 2.00. The van der Waals surface area contributed by atoms with Gasteiger partial charge in [-0.2, -0.15) is 0 Å². The van der Waals surface area contributed by atoms with Gasteiger partial charge in [0.05, 0.1) is 10.6 Å². The molecule has 3 nitrogen and oxygen atoms in total. The molecule has 0 fully saturated rings. The second kappa shape index (κ2) is 5.87. The fraction of sp³-hybridized carbons (Fsp3) is 0.267. The van der Waals surface area contributed by atoms with Gasteiger partial charge in [0.2, 0.25) is 0 Å². The average molecular weight is 334 g/mol. The molecule has 0 bridgehead atoms. The van der Waals surface area contributed by atoms with E-state index in [1.54, 1.807) is 29.0 Å². The lowest BCUT2D eigenvalue weighted by atomic mass is 10.2. The van der Waals surface area contributed by atoms with Gasteiger partial charge in [-0.05, 0) is 38.5 Å². The molecule has 0 amide bonds. The van der Waals surface area contributed by atoms with Gasteiger partial charge >= 0.3 is 0 Å². The van der Waals surface area contributed by atoms with Crippen LogP contribution in [-0.4, -0.2) is 21.5 Å². The highest BCUT2D eigenvalue weighted by Gasteiger charge is 2.15. The average Bonchev–Trinajstić information content (AvgIpc) is 3.01. The Bertz CT molecular complexity index is 820. The predicted molar refractivity (Wildman–Crippen MR) is 91.0 cm³/mol. The third-order valence-corrected chi connectivity index (χ3v) is 6.43. The van der Waals surface area contributed by atoms with Gasteiger partial charge in [0.25, 0.3) is 0 Å². The number of carbonyl (C=O) groups is 1. The Morgan fingerprint density at radius 3 is 2.71 bits per heavy atom. The normalized spacial score (nSPS) is 11.2. The van der Waals surface area contributed by atoms with Crippen LogP contribution in [0.2, 0.25) is 0 Å². The monoisotopic (exact) mass is 334 g/mol. The second-order valence-corrected chi connectivity index (χ2v) is 8.22. The first kappa shape index (κ1) is 14.7. The zero-order valence-corrected chi connectivity index (χ0v) is 14.4. The summed E-state index contributed by atoms with van der Waals surface area (Å²) < 4.78 is 0. The van der Waals surface area contributed by atoms with E-state index in [1.165, 1.54) is 22.2 Å². The minimum absolute atomic E-state index is 0.162. The largest absolute Gasteiger partial charge is 0.292 e. The maximum atomic E-state index is 12.2. The first-order valence-corrected chi connectivity index (χ1v) is 9.11. The van der Waals surface area contributed by atoms with E-state index in [2.05, 4.69) is 23.8 Å². The number of Topliss-reactive ketones (excluding diaryl/α,β-unsaturated/α-hetero) is 1. The third-order valence-electron chi connectivity index (χ3n) is 3.29. The standard InChI is InChI=1S/C15H14N2OS3/c1-8-4-5-12(20-8)11(18)6-19-14-13-9(2)10(3)21-15(13)17-7-16-14/h4-5,7H,6H2,1-3H3. The van der Waals surface area contributed by atoms with Crippen LogP contribution in [0.5, 0.6) is 0 Å². The molecule has 0 saturated heterocycles. The molecular weight excluding hydrogens is 320 g/mol. The number of hydrogen-bond donors (Lipinski definition) is 0. The zero-order valence-electron chi connectivity index (χ0n) is 12.0. The van der Waals surface area contributed by atoms with Crippen LogP contribution in [0.3, 0.4) is 0 Å². The summed E-state index contributed by atoms with van der Waals surface area (Å²) in [5.74, 6) is 0.579. The van der Waals surface area contributed by atoms with Crippen molar-refractivity contribution in [2.45, 2.75) is 25.8 Å². The van der Waals surface area contributed by atoms with Gasteiger partial charge in [-0.25, -0.2) is 9.97 Å². The van der Waals surface area contributed by atoms with Gasteiger partial charge in [0.15, 0.2) is 5.78 Å². The molecule has 3 aromatic rings. The maximum Gasteiger partial charge on any atom is 0.183 e. The number of thiophene rings is 2. The number of aryl methyl sites for hydroxylation is 3. The number of carbonyl (C=O) groups excluding carboxylic acids is 1. The summed E-state index contributed by atoms with van der Waals surface area (Å²) in [6.07, 6.45) is 1.58. The van der Waals surface area contributed by atoms with Gasteiger partial charge in [-0.15, -0.1) is 22.7 Å². The van der Waals surface area contributed by atoms with Crippen molar-refractivity contribution in [1.82, 2.24) is 9.97 Å². The second-order valence-electron chi connectivity index (χ2n) is 4.76. The van der Waals surface area contributed by atoms with Gasteiger partial charge in [0.1, 0.15) is 16.2 Å². The minimum atomic E-state index is 0.162. The molecule has 21 heavy (non-hydrogen) atoms. The van der Waals surface area contributed by atoms with E-state index in [0.717, 1.165) is 25.0 Å². The molecule has 6 heteroatoms. The number of fused-ring (bicyclic) bond motifs is 1. The van der Waals surface area contributed by atoms with E-state index in [0.29, 0.717) is 5.75 Å². The first-order chi connectivity index (χ1) is 10.1. The Labute approximate surface area is 135 Å². The number of nitrogens with zero attached hydrogens (tertiary/aromatic N) is 2. The number of thioether (sulfide) groups is 1. The lowest BCUT2D eigenvalue weighted by molar-refractivity contribution is 0.102. The highest BCUT2D eigenvalue weighted by atomic mass is 32.2. The van der Waals surface area contributed by atoms with Crippen LogP contribution in [0.1, 0.15) is 25.0 Å². The molecule has 0 spiro atoms. The lowest BCUT2D eigenvalue weighted by Gasteiger charge is -2.02. The van der Waals surface area contributed by atoms with Gasteiger partial charge in [0, 0.05) is 15.1 Å². The van der Waals surface area contributed by atoms with Crippen molar-refractivity contribution in [3.8, 4) is 0 Å². The fourth-order valence-electron chi connectivity index (χ4n) is 2.05. The zero-order chi connectivity index (χ0) is 15.0. The summed E-state index contributed by atoms with van der Waals surface area (Å²) in [6, 6.07) is 3.89. The number of aromatic nitrogens is 2. The van der Waals surface area contributed by atoms with E-state index in [4.69, 9.17) is 0 Å². The lowest BCUT2D eigenvalue weighted by Crippen LogP contribution is -2.00. The number of hydrogen-bond acceptors (Lipinski definition) is 6. The smallest absolute Gasteiger partial charge is 0.183 e. The predicted octanol–water partition coefficient (Wildman–Crippen LogP) is 4.65. The van der Waals surface area contributed by atoms with Crippen molar-refractivity contribution in [2.24, 2.45) is 0 Å². The van der Waals surface area contributed by atoms with Crippen LogP contribution in [-0.2, 0) is 0 Å². The molecule has 0 aromatic carbocycles. The highest BCUT2D eigenvalue weighted by Crippen LogP contribution is 2.34. The summed E-state index contributed by atoms with van der Waals surface area (Å²) in [4.78, 5) is 25.1. The van der Waals surface area contributed by atoms with Gasteiger partial charge in [-0.1, -0.05) is 11.8 Å². The molecule has 0 aliphatic heterocycles. The van der Waals surface area contributed by atoms with Crippen LogP contribution in [0.4, 0.5) is 0 Å². The quantitative estimate of drug-likeness (QED) is 0.395. The van der Waals surface area contributed by atoms with Gasteiger partial charge in [-0.3, -0.25) is 4.79 Å². The van der Waals surface area contributed by atoms with Crippen molar-refractivity contribution in [3.05, 3.63) is 38.7 Å². The molecule has 3 rings (SSSR count). The van der Waals surface area contributed by atoms with Crippen LogP contribution in [0.25, 0.3) is 10.2 Å². The Kier molecular flexibility index (Phi) is 4.10. The fourth-order valence-corrected chi connectivity index (χ4v) is 4.95. The summed E-state index contributed by atoms with van der Waals surface area (Å²) in [6.45, 7) is 6.20. The summed E-state index contributed by atoms with van der Waals surface area (Å²) in [7, 11) is 0. The molecule has 0 aliphatic rings. The van der Waals surface area contributed by atoms with Crippen LogP contribution in [0.15, 0.2) is 23.5 Å². The van der Waals surface area contributed by atoms with Gasteiger partial charge < -0.3 is 0 Å². The van der Waals surface area contributed by atoms with Crippen LogP contribution < -0.4 is 0 Å². The molecule has 3 aromatic heterocycles. The first-order valence-electron chi connectivity index (χ1n) is 6.49. The van der Waals surface area contributed by atoms with Crippen LogP contribution >= 0.6 is 34.4 Å². The molecule has 108 valence electrons. The van der Waals surface area contributed by atoms with Crippen molar-refractivity contribution < 1.29 is 4.79 Å². The Balaban J connectivity index is 1.84. The van der Waals surface area contributed by atoms with Crippen molar-refractivity contribution in [1.29, 1.82) is 0 Å². The molecule has 0 atom stereocenters. The molecule has 3 heterocycles. The SMILES string of the molecule is Cc1ccc(C(=O)CSc2ncnc3sc(C)c(C)c23)s1. The van der Waals surface area contributed by atoms with Crippen molar-refractivity contribution in [3.63, 3.8) is 0 Å². The van der Waals surface area contributed by atoms with E-state index in [1.807, 2.05) is 19.1 Å². The van der Waals surface area contributed by atoms with E-state index in [9.17, 15) is 4.79 Å². The van der Waals surface area contributed by atoms with Crippen molar-refractivity contribution in [2.75, 3.05) is 5.75 Å². The molecular formula is C15H14N2OS3. The van der Waals surface area contributed by atoms with Crippen molar-refractivity contribution >= 4 is 50.4 Å². The molecule has 0 radical (unpaired) electrons. The maximum absolute atomic E-state index is 12.2. The molecule has 0 unspecified atom stereocenters. The molecule has 0 saturated carbocycles. The van der Waals surface area contributed by atoms with E-state index >= 15 is 0 Å². The third kappa shape index (κ3) is 2.88. The topological polar surface area (TPSA) is 42.9 Å². The number of ketones is 1. The number of rotatable bonds is 4. The summed E-state index contributed by atoms with van der Waals surface area (Å²) >= 11 is 4.73. The Morgan fingerprint density at radius 2 is 2.00 bits per heavy atom. The Hall–Kier alpha value is -1.24. The summed E-state index contributed by atoms with van der Waals surface area (Å²) in [5.41, 5.74) is 1.22. The highest BCUT2D eigenvalue weighted by molar-refractivity contribution is 8.00. The minimum Gasteiger partial charge on any atom is -0.292 e. The van der Waals surface area contributed by atoms with Crippen LogP contribution in [0, 0.1) is 20.8 Å². The molecule has 0 N–H and O–H groups in total. The molecule has 0 aliphatic carbocycles.